The quantitative estimate of drug-likeness (QED) is 0.307. The number of nitrogens with two attached hydrogens (primary N) is 1. The van der Waals surface area contributed by atoms with Crippen molar-refractivity contribution in [1.29, 1.82) is 0 Å². The molecule has 0 aromatic carbocycles. The molecule has 0 spiro atoms. The lowest BCUT2D eigenvalue weighted by Gasteiger charge is -2.39. The first-order valence-electron chi connectivity index (χ1n) is 6.57. The second-order valence-electron chi connectivity index (χ2n) is 4.73. The topological polar surface area (TPSA) is 95.0 Å². The molecule has 0 aliphatic heterocycles. The monoisotopic (exact) mass is 264 g/mol. The van der Waals surface area contributed by atoms with Crippen LogP contribution in [0.15, 0.2) is 23.6 Å². The molecule has 6 nitrogen and oxygen atoms in total. The van der Waals surface area contributed by atoms with Gasteiger partial charge in [0, 0.05) is 31.0 Å². The maximum atomic E-state index is 9.03. The zero-order valence-corrected chi connectivity index (χ0v) is 10.9. The number of aromatic nitrogens is 1. The Kier molecular flexibility index (Phi) is 4.57. The number of pyridine rings is 1. The highest BCUT2D eigenvalue weighted by atomic mass is 16.4. The second kappa shape index (κ2) is 6.38. The number of aliphatic hydroxyl groups excluding tert-OH is 1. The SMILES string of the molecule is N/C(=N/O)c1ccncc1N(CCCO)C1CCC1. The number of amidine groups is 1. The molecule has 1 aromatic heterocycles. The summed E-state index contributed by atoms with van der Waals surface area (Å²) in [7, 11) is 0. The summed E-state index contributed by atoms with van der Waals surface area (Å²) in [6, 6.07) is 2.20. The lowest BCUT2D eigenvalue weighted by Crippen LogP contribution is -2.42. The first-order valence-corrected chi connectivity index (χ1v) is 6.57. The smallest absolute Gasteiger partial charge is 0.172 e. The van der Waals surface area contributed by atoms with Crippen LogP contribution >= 0.6 is 0 Å². The maximum absolute atomic E-state index is 9.03. The third-order valence-electron chi connectivity index (χ3n) is 3.57. The summed E-state index contributed by atoms with van der Waals surface area (Å²) in [6.07, 6.45) is 7.55. The number of aliphatic hydroxyl groups is 1. The Bertz CT molecular complexity index is 446. The summed E-state index contributed by atoms with van der Waals surface area (Å²) < 4.78 is 0. The zero-order valence-electron chi connectivity index (χ0n) is 10.9. The third-order valence-corrected chi connectivity index (χ3v) is 3.57. The summed E-state index contributed by atoms with van der Waals surface area (Å²) in [4.78, 5) is 6.34. The Morgan fingerprint density at radius 1 is 1.53 bits per heavy atom. The van der Waals surface area contributed by atoms with Gasteiger partial charge in [0.05, 0.1) is 11.9 Å². The van der Waals surface area contributed by atoms with Crippen LogP contribution in [0.3, 0.4) is 0 Å². The molecule has 0 atom stereocenters. The van der Waals surface area contributed by atoms with E-state index >= 15 is 0 Å². The van der Waals surface area contributed by atoms with E-state index in [9.17, 15) is 0 Å². The van der Waals surface area contributed by atoms with Gasteiger partial charge in [0.2, 0.25) is 0 Å². The van der Waals surface area contributed by atoms with Gasteiger partial charge in [0.15, 0.2) is 5.84 Å². The summed E-state index contributed by atoms with van der Waals surface area (Å²) >= 11 is 0. The van der Waals surface area contributed by atoms with Crippen LogP contribution in [0.1, 0.15) is 31.2 Å². The van der Waals surface area contributed by atoms with Gasteiger partial charge in [-0.1, -0.05) is 5.16 Å². The molecule has 1 aliphatic carbocycles. The van der Waals surface area contributed by atoms with E-state index in [1.165, 1.54) is 6.42 Å². The Morgan fingerprint density at radius 3 is 2.89 bits per heavy atom. The van der Waals surface area contributed by atoms with Crippen molar-refractivity contribution < 1.29 is 10.3 Å². The molecular formula is C13H20N4O2. The molecule has 2 rings (SSSR count). The van der Waals surface area contributed by atoms with Crippen molar-refractivity contribution in [2.45, 2.75) is 31.7 Å². The number of oxime groups is 1. The van der Waals surface area contributed by atoms with Gasteiger partial charge in [-0.2, -0.15) is 0 Å². The van der Waals surface area contributed by atoms with Crippen LogP contribution in [0.2, 0.25) is 0 Å². The average molecular weight is 264 g/mol. The normalized spacial score (nSPS) is 16.2. The molecule has 19 heavy (non-hydrogen) atoms. The van der Waals surface area contributed by atoms with Crippen LogP contribution in [0.4, 0.5) is 5.69 Å². The predicted octanol–water partition coefficient (Wildman–Crippen LogP) is 0.917. The van der Waals surface area contributed by atoms with E-state index in [2.05, 4.69) is 15.0 Å². The van der Waals surface area contributed by atoms with E-state index in [0.717, 1.165) is 25.1 Å². The lowest BCUT2D eigenvalue weighted by atomic mass is 9.90. The molecule has 1 heterocycles. The van der Waals surface area contributed by atoms with Crippen molar-refractivity contribution in [3.8, 4) is 0 Å². The lowest BCUT2D eigenvalue weighted by molar-refractivity contribution is 0.283. The van der Waals surface area contributed by atoms with Crippen molar-refractivity contribution in [3.63, 3.8) is 0 Å². The fraction of sp³-hybridized carbons (Fsp3) is 0.538. The largest absolute Gasteiger partial charge is 0.409 e. The molecule has 1 aliphatic rings. The molecule has 6 heteroatoms. The van der Waals surface area contributed by atoms with Crippen molar-refractivity contribution in [3.05, 3.63) is 24.0 Å². The molecule has 1 fully saturated rings. The Balaban J connectivity index is 2.29. The Morgan fingerprint density at radius 2 is 2.32 bits per heavy atom. The van der Waals surface area contributed by atoms with E-state index in [4.69, 9.17) is 16.0 Å². The number of hydrogen-bond donors (Lipinski definition) is 3. The minimum atomic E-state index is 0.0886. The highest BCUT2D eigenvalue weighted by Gasteiger charge is 2.27. The highest BCUT2D eigenvalue weighted by molar-refractivity contribution is 6.02. The van der Waals surface area contributed by atoms with Gasteiger partial charge in [-0.05, 0) is 31.7 Å². The minimum Gasteiger partial charge on any atom is -0.409 e. The molecule has 0 bridgehead atoms. The van der Waals surface area contributed by atoms with Crippen molar-refractivity contribution in [1.82, 2.24) is 4.98 Å². The molecule has 0 amide bonds. The van der Waals surface area contributed by atoms with Gasteiger partial charge < -0.3 is 20.9 Å². The molecule has 0 saturated heterocycles. The standard InChI is InChI=1S/C13H20N4O2/c14-13(16-19)11-5-6-15-9-12(11)17(7-2-8-18)10-3-1-4-10/h5-6,9-10,18-19H,1-4,7-8H2,(H2,14,16). The Labute approximate surface area is 112 Å². The third kappa shape index (κ3) is 2.96. The number of rotatable bonds is 6. The Hall–Kier alpha value is -1.82. The van der Waals surface area contributed by atoms with Gasteiger partial charge in [-0.15, -0.1) is 0 Å². The van der Waals surface area contributed by atoms with Crippen molar-refractivity contribution >= 4 is 11.5 Å². The van der Waals surface area contributed by atoms with Crippen LogP contribution in [-0.4, -0.2) is 40.3 Å². The molecule has 104 valence electrons. The van der Waals surface area contributed by atoms with Gasteiger partial charge in [0.1, 0.15) is 0 Å². The summed E-state index contributed by atoms with van der Waals surface area (Å²) in [5, 5.41) is 21.0. The average Bonchev–Trinajstić information content (AvgIpc) is 2.40. The predicted molar refractivity (Wildman–Crippen MR) is 73.4 cm³/mol. The molecule has 4 N–H and O–H groups in total. The van der Waals surface area contributed by atoms with E-state index in [0.29, 0.717) is 18.0 Å². The summed E-state index contributed by atoms with van der Waals surface area (Å²) in [6.45, 7) is 0.904. The van der Waals surface area contributed by atoms with Crippen molar-refractivity contribution in [2.24, 2.45) is 10.9 Å². The van der Waals surface area contributed by atoms with Crippen LogP contribution in [0.5, 0.6) is 0 Å². The first-order chi connectivity index (χ1) is 9.27. The number of nitrogens with zero attached hydrogens (tertiary/aromatic N) is 3. The second-order valence-corrected chi connectivity index (χ2v) is 4.73. The zero-order chi connectivity index (χ0) is 13.7. The number of hydrogen-bond acceptors (Lipinski definition) is 5. The highest BCUT2D eigenvalue weighted by Crippen LogP contribution is 2.31. The molecule has 0 unspecified atom stereocenters. The molecule has 1 aromatic rings. The van der Waals surface area contributed by atoms with Crippen LogP contribution < -0.4 is 10.6 Å². The molecule has 1 saturated carbocycles. The van der Waals surface area contributed by atoms with Crippen LogP contribution in [0, 0.1) is 0 Å². The fourth-order valence-corrected chi connectivity index (χ4v) is 2.32. The van der Waals surface area contributed by atoms with Crippen molar-refractivity contribution in [2.75, 3.05) is 18.1 Å². The molecular weight excluding hydrogens is 244 g/mol. The first kappa shape index (κ1) is 13.6. The maximum Gasteiger partial charge on any atom is 0.172 e. The van der Waals surface area contributed by atoms with E-state index in [1.807, 2.05) is 0 Å². The van der Waals surface area contributed by atoms with Gasteiger partial charge >= 0.3 is 0 Å². The summed E-state index contributed by atoms with van der Waals surface area (Å²) in [5.41, 5.74) is 7.27. The van der Waals surface area contributed by atoms with Gasteiger partial charge in [-0.25, -0.2) is 0 Å². The van der Waals surface area contributed by atoms with Crippen LogP contribution in [0.25, 0.3) is 0 Å². The van der Waals surface area contributed by atoms with Gasteiger partial charge in [0.25, 0.3) is 0 Å². The van der Waals surface area contributed by atoms with Crippen LogP contribution in [-0.2, 0) is 0 Å². The van der Waals surface area contributed by atoms with Gasteiger partial charge in [-0.3, -0.25) is 4.98 Å². The summed E-state index contributed by atoms with van der Waals surface area (Å²) in [5.74, 6) is 0.0886. The van der Waals surface area contributed by atoms with E-state index in [-0.39, 0.29) is 12.4 Å². The fourth-order valence-electron chi connectivity index (χ4n) is 2.32. The molecule has 0 radical (unpaired) electrons. The van der Waals surface area contributed by atoms with E-state index < -0.39 is 0 Å². The van der Waals surface area contributed by atoms with E-state index in [1.54, 1.807) is 18.5 Å². The minimum absolute atomic E-state index is 0.0886. The number of anilines is 1.